The molecule has 0 fully saturated rings. The van der Waals surface area contributed by atoms with Gasteiger partial charge in [0.1, 0.15) is 10.7 Å². The van der Waals surface area contributed by atoms with Crippen LogP contribution in [0.4, 0.5) is 0 Å². The topological polar surface area (TPSA) is 101 Å². The molecule has 2 heterocycles. The van der Waals surface area contributed by atoms with Crippen molar-refractivity contribution in [3.05, 3.63) is 33.7 Å². The van der Waals surface area contributed by atoms with Gasteiger partial charge < -0.3 is 9.52 Å². The lowest BCUT2D eigenvalue weighted by atomic mass is 10.4. The Kier molecular flexibility index (Phi) is 4.17. The molecule has 9 heteroatoms. The van der Waals surface area contributed by atoms with E-state index >= 15 is 0 Å². The van der Waals surface area contributed by atoms with E-state index in [0.29, 0.717) is 0 Å². The van der Waals surface area contributed by atoms with Crippen LogP contribution in [-0.4, -0.2) is 35.8 Å². The summed E-state index contributed by atoms with van der Waals surface area (Å²) < 4.78 is 31.1. The van der Waals surface area contributed by atoms with E-state index in [1.165, 1.54) is 25.3 Å². The summed E-state index contributed by atoms with van der Waals surface area (Å²) in [4.78, 5) is 15.6. The van der Waals surface area contributed by atoms with Gasteiger partial charge in [-0.3, -0.25) is 0 Å². The number of thiazole rings is 1. The second-order valence-corrected chi connectivity index (χ2v) is 7.41. The standard InChI is InChI=1S/C12H14N2O5S2/c1-7-10(20-6-13-7)5-14(3)21(17,18)11-4-9(12(15)16)19-8(11)2/h4,6H,5H2,1-3H3,(H,15,16). The molecule has 0 radical (unpaired) electrons. The number of aromatic carboxylic acids is 1. The number of furan rings is 1. The lowest BCUT2D eigenvalue weighted by Gasteiger charge is -2.15. The molecule has 21 heavy (non-hydrogen) atoms. The summed E-state index contributed by atoms with van der Waals surface area (Å²) in [5.41, 5.74) is 2.42. The molecule has 0 aliphatic carbocycles. The van der Waals surface area contributed by atoms with Crippen LogP contribution in [-0.2, 0) is 16.6 Å². The first-order valence-corrected chi connectivity index (χ1v) is 8.24. The maximum Gasteiger partial charge on any atom is 0.371 e. The minimum Gasteiger partial charge on any atom is -0.475 e. The highest BCUT2D eigenvalue weighted by molar-refractivity contribution is 7.89. The highest BCUT2D eigenvalue weighted by Gasteiger charge is 2.28. The molecule has 0 aromatic carbocycles. The van der Waals surface area contributed by atoms with E-state index in [2.05, 4.69) is 4.98 Å². The SMILES string of the molecule is Cc1ncsc1CN(C)S(=O)(=O)c1cc(C(=O)O)oc1C. The van der Waals surface area contributed by atoms with Crippen molar-refractivity contribution in [2.24, 2.45) is 0 Å². The Balaban J connectivity index is 2.33. The van der Waals surface area contributed by atoms with E-state index in [4.69, 9.17) is 9.52 Å². The van der Waals surface area contributed by atoms with Crippen LogP contribution in [0.5, 0.6) is 0 Å². The number of rotatable bonds is 5. The van der Waals surface area contributed by atoms with Crippen molar-refractivity contribution in [3.8, 4) is 0 Å². The molecule has 0 atom stereocenters. The molecule has 0 amide bonds. The lowest BCUT2D eigenvalue weighted by molar-refractivity contribution is 0.0661. The van der Waals surface area contributed by atoms with Crippen molar-refractivity contribution in [1.29, 1.82) is 0 Å². The number of aryl methyl sites for hydroxylation is 2. The molecule has 0 unspecified atom stereocenters. The minimum atomic E-state index is -3.82. The predicted octanol–water partition coefficient (Wildman–Crippen LogP) is 1.87. The number of carboxylic acid groups (broad SMARTS) is 1. The predicted molar refractivity (Wildman–Crippen MR) is 75.9 cm³/mol. The molecule has 2 aromatic rings. The maximum absolute atomic E-state index is 12.5. The number of carbonyl (C=O) groups is 1. The first kappa shape index (κ1) is 15.7. The molecule has 0 saturated carbocycles. The third-order valence-corrected chi connectivity index (χ3v) is 5.81. The summed E-state index contributed by atoms with van der Waals surface area (Å²) in [7, 11) is -2.39. The summed E-state index contributed by atoms with van der Waals surface area (Å²) in [6.45, 7) is 3.40. The van der Waals surface area contributed by atoms with Gasteiger partial charge in [-0.25, -0.2) is 18.2 Å². The Morgan fingerprint density at radius 3 is 2.62 bits per heavy atom. The summed E-state index contributed by atoms with van der Waals surface area (Å²) in [6, 6.07) is 1.03. The monoisotopic (exact) mass is 330 g/mol. The van der Waals surface area contributed by atoms with E-state index in [1.54, 1.807) is 12.4 Å². The number of sulfonamides is 1. The minimum absolute atomic E-state index is 0.0558. The fourth-order valence-electron chi connectivity index (χ4n) is 1.76. The third-order valence-electron chi connectivity index (χ3n) is 2.98. The van der Waals surface area contributed by atoms with Gasteiger partial charge in [-0.2, -0.15) is 4.31 Å². The number of aromatic nitrogens is 1. The van der Waals surface area contributed by atoms with Gasteiger partial charge in [0, 0.05) is 24.5 Å². The Morgan fingerprint density at radius 2 is 2.14 bits per heavy atom. The van der Waals surface area contributed by atoms with Crippen LogP contribution in [0.15, 0.2) is 20.9 Å². The summed E-state index contributed by atoms with van der Waals surface area (Å²) in [5.74, 6) is -1.64. The Morgan fingerprint density at radius 1 is 1.48 bits per heavy atom. The van der Waals surface area contributed by atoms with Crippen LogP contribution in [0, 0.1) is 13.8 Å². The zero-order chi connectivity index (χ0) is 15.8. The van der Waals surface area contributed by atoms with Gasteiger partial charge in [0.05, 0.1) is 11.2 Å². The van der Waals surface area contributed by atoms with Gasteiger partial charge in [-0.15, -0.1) is 11.3 Å². The molecule has 0 spiro atoms. The van der Waals surface area contributed by atoms with E-state index < -0.39 is 21.8 Å². The Labute approximate surface area is 125 Å². The summed E-state index contributed by atoms with van der Waals surface area (Å²) in [5, 5.41) is 8.86. The zero-order valence-corrected chi connectivity index (χ0v) is 13.3. The highest BCUT2D eigenvalue weighted by atomic mass is 32.2. The highest BCUT2D eigenvalue weighted by Crippen LogP contribution is 2.25. The molecule has 2 aromatic heterocycles. The molecule has 0 bridgehead atoms. The van der Waals surface area contributed by atoms with Gasteiger partial charge >= 0.3 is 5.97 Å². The zero-order valence-electron chi connectivity index (χ0n) is 11.7. The van der Waals surface area contributed by atoms with Crippen LogP contribution < -0.4 is 0 Å². The van der Waals surface area contributed by atoms with Crippen molar-refractivity contribution in [2.75, 3.05) is 7.05 Å². The average molecular weight is 330 g/mol. The van der Waals surface area contributed by atoms with E-state index in [1.807, 2.05) is 0 Å². The van der Waals surface area contributed by atoms with Crippen LogP contribution in [0.1, 0.15) is 26.9 Å². The maximum atomic E-state index is 12.5. The summed E-state index contributed by atoms with van der Waals surface area (Å²) >= 11 is 1.37. The van der Waals surface area contributed by atoms with Gasteiger partial charge in [0.25, 0.3) is 0 Å². The van der Waals surface area contributed by atoms with Crippen molar-refractivity contribution in [3.63, 3.8) is 0 Å². The average Bonchev–Trinajstić information content (AvgIpc) is 2.96. The van der Waals surface area contributed by atoms with Gasteiger partial charge in [-0.05, 0) is 13.8 Å². The van der Waals surface area contributed by atoms with Gasteiger partial charge in [0.15, 0.2) is 0 Å². The quantitative estimate of drug-likeness (QED) is 0.898. The third kappa shape index (κ3) is 2.99. The Hall–Kier alpha value is -1.71. The normalized spacial score (nSPS) is 12.0. The van der Waals surface area contributed by atoms with Crippen molar-refractivity contribution in [2.45, 2.75) is 25.3 Å². The Bertz CT molecular complexity index is 775. The molecule has 0 saturated heterocycles. The molecular weight excluding hydrogens is 316 g/mol. The van der Waals surface area contributed by atoms with Gasteiger partial charge in [-0.1, -0.05) is 0 Å². The molecule has 0 aliphatic heterocycles. The number of nitrogens with zero attached hydrogens (tertiary/aromatic N) is 2. The van der Waals surface area contributed by atoms with Crippen LogP contribution in [0.3, 0.4) is 0 Å². The van der Waals surface area contributed by atoms with Crippen LogP contribution >= 0.6 is 11.3 Å². The fourth-order valence-corrected chi connectivity index (χ4v) is 3.97. The molecule has 2 rings (SSSR count). The molecule has 114 valence electrons. The van der Waals surface area contributed by atoms with Crippen molar-refractivity contribution in [1.82, 2.24) is 9.29 Å². The van der Waals surface area contributed by atoms with Crippen LogP contribution in [0.25, 0.3) is 0 Å². The molecule has 0 aliphatic rings. The summed E-state index contributed by atoms with van der Waals surface area (Å²) in [6.07, 6.45) is 0. The smallest absolute Gasteiger partial charge is 0.371 e. The van der Waals surface area contributed by atoms with E-state index in [9.17, 15) is 13.2 Å². The van der Waals surface area contributed by atoms with Crippen LogP contribution in [0.2, 0.25) is 0 Å². The number of hydrogen-bond donors (Lipinski definition) is 1. The molecule has 7 nitrogen and oxygen atoms in total. The number of carboxylic acids is 1. The first-order chi connectivity index (χ1) is 9.73. The fraction of sp³-hybridized carbons (Fsp3) is 0.333. The van der Waals surface area contributed by atoms with E-state index in [-0.39, 0.29) is 17.2 Å². The van der Waals surface area contributed by atoms with Gasteiger partial charge in [0.2, 0.25) is 15.8 Å². The molecular formula is C12H14N2O5S2. The lowest BCUT2D eigenvalue weighted by Crippen LogP contribution is -2.26. The second kappa shape index (κ2) is 5.58. The van der Waals surface area contributed by atoms with Crippen molar-refractivity contribution < 1.29 is 22.7 Å². The largest absolute Gasteiger partial charge is 0.475 e. The number of hydrogen-bond acceptors (Lipinski definition) is 6. The second-order valence-electron chi connectivity index (χ2n) is 4.46. The molecule has 1 N–H and O–H groups in total. The first-order valence-electron chi connectivity index (χ1n) is 5.92. The van der Waals surface area contributed by atoms with Crippen molar-refractivity contribution >= 4 is 27.3 Å². The van der Waals surface area contributed by atoms with E-state index in [0.717, 1.165) is 20.9 Å².